The van der Waals surface area contributed by atoms with Gasteiger partial charge >= 0.3 is 0 Å². The fraction of sp³-hybridized carbons (Fsp3) is 0.333. The SMILES string of the molecule is Cc1cc(C)c(C)c(S(=O)(=O)N(C)[C@H](C)c2ccc(-n3cncn3)cc2)c1C. The molecule has 0 aliphatic heterocycles. The number of hydrogen-bond acceptors (Lipinski definition) is 4. The van der Waals surface area contributed by atoms with Gasteiger partial charge in [0.15, 0.2) is 0 Å². The van der Waals surface area contributed by atoms with E-state index in [1.165, 1.54) is 10.6 Å². The summed E-state index contributed by atoms with van der Waals surface area (Å²) < 4.78 is 30.0. The van der Waals surface area contributed by atoms with E-state index in [4.69, 9.17) is 0 Å². The molecule has 0 amide bonds. The number of hydrogen-bond donors (Lipinski definition) is 0. The highest BCUT2D eigenvalue weighted by Crippen LogP contribution is 2.32. The van der Waals surface area contributed by atoms with E-state index >= 15 is 0 Å². The molecule has 0 N–H and O–H groups in total. The minimum atomic E-state index is -3.64. The van der Waals surface area contributed by atoms with Gasteiger partial charge < -0.3 is 0 Å². The third-order valence-corrected chi connectivity index (χ3v) is 7.74. The van der Waals surface area contributed by atoms with Crippen molar-refractivity contribution in [2.75, 3.05) is 7.05 Å². The lowest BCUT2D eigenvalue weighted by molar-refractivity contribution is 0.397. The van der Waals surface area contributed by atoms with Crippen LogP contribution in [0.2, 0.25) is 0 Å². The van der Waals surface area contributed by atoms with Gasteiger partial charge in [0.25, 0.3) is 0 Å². The molecule has 0 saturated carbocycles. The van der Waals surface area contributed by atoms with Gasteiger partial charge in [-0.15, -0.1) is 0 Å². The smallest absolute Gasteiger partial charge is 0.223 e. The minimum absolute atomic E-state index is 0.311. The van der Waals surface area contributed by atoms with Gasteiger partial charge in [0.2, 0.25) is 10.0 Å². The molecule has 2 aromatic carbocycles. The molecule has 7 heteroatoms. The first-order valence-electron chi connectivity index (χ1n) is 9.15. The molecular weight excluding hydrogens is 372 g/mol. The predicted octanol–water partition coefficient (Wildman–Crippen LogP) is 3.88. The Bertz CT molecular complexity index is 1060. The van der Waals surface area contributed by atoms with Crippen LogP contribution in [0.1, 0.15) is 40.8 Å². The predicted molar refractivity (Wildman–Crippen MR) is 110 cm³/mol. The molecule has 0 spiro atoms. The number of sulfonamides is 1. The number of nitrogens with zero attached hydrogens (tertiary/aromatic N) is 4. The van der Waals surface area contributed by atoms with Crippen molar-refractivity contribution < 1.29 is 8.42 Å². The van der Waals surface area contributed by atoms with Crippen molar-refractivity contribution in [2.24, 2.45) is 0 Å². The zero-order valence-corrected chi connectivity index (χ0v) is 17.9. The molecule has 0 unspecified atom stereocenters. The number of rotatable bonds is 5. The van der Waals surface area contributed by atoms with Gasteiger partial charge in [0.05, 0.1) is 10.6 Å². The maximum absolute atomic E-state index is 13.5. The molecule has 0 aliphatic carbocycles. The van der Waals surface area contributed by atoms with Gasteiger partial charge in [-0.05, 0) is 74.6 Å². The van der Waals surface area contributed by atoms with Crippen molar-refractivity contribution in [3.63, 3.8) is 0 Å². The number of aryl methyl sites for hydroxylation is 2. The molecule has 0 aliphatic rings. The normalized spacial score (nSPS) is 13.1. The lowest BCUT2D eigenvalue weighted by atomic mass is 10.0. The van der Waals surface area contributed by atoms with E-state index in [9.17, 15) is 8.42 Å². The van der Waals surface area contributed by atoms with Crippen molar-refractivity contribution in [1.82, 2.24) is 19.1 Å². The molecule has 3 aromatic rings. The molecule has 0 bridgehead atoms. The molecule has 1 atom stereocenters. The minimum Gasteiger partial charge on any atom is -0.223 e. The molecule has 0 saturated heterocycles. The third kappa shape index (κ3) is 3.47. The van der Waals surface area contributed by atoms with Crippen LogP contribution in [-0.2, 0) is 10.0 Å². The fourth-order valence-electron chi connectivity index (χ4n) is 3.38. The lowest BCUT2D eigenvalue weighted by Crippen LogP contribution is -2.31. The van der Waals surface area contributed by atoms with Crippen LogP contribution in [0, 0.1) is 27.7 Å². The molecule has 148 valence electrons. The molecule has 28 heavy (non-hydrogen) atoms. The van der Waals surface area contributed by atoms with Crippen molar-refractivity contribution in [1.29, 1.82) is 0 Å². The first-order chi connectivity index (χ1) is 13.1. The Hall–Kier alpha value is -2.51. The topological polar surface area (TPSA) is 68.1 Å². The maximum Gasteiger partial charge on any atom is 0.243 e. The van der Waals surface area contributed by atoms with Gasteiger partial charge in [-0.1, -0.05) is 18.2 Å². The Morgan fingerprint density at radius 3 is 2.07 bits per heavy atom. The largest absolute Gasteiger partial charge is 0.243 e. The van der Waals surface area contributed by atoms with Crippen LogP contribution in [0.25, 0.3) is 5.69 Å². The maximum atomic E-state index is 13.5. The Balaban J connectivity index is 1.96. The molecule has 0 fully saturated rings. The van der Waals surface area contributed by atoms with Gasteiger partial charge in [-0.2, -0.15) is 9.40 Å². The van der Waals surface area contributed by atoms with E-state index in [0.717, 1.165) is 33.5 Å². The van der Waals surface area contributed by atoms with E-state index in [-0.39, 0.29) is 6.04 Å². The lowest BCUT2D eigenvalue weighted by Gasteiger charge is -2.27. The standard InChI is InChI=1S/C21H26N4O2S/c1-14-11-15(2)17(4)21(16(14)3)28(26,27)24(6)18(5)19-7-9-20(10-8-19)25-13-22-12-23-25/h7-13,18H,1-6H3/t18-/m1/s1. The highest BCUT2D eigenvalue weighted by atomic mass is 32.2. The van der Waals surface area contributed by atoms with Crippen LogP contribution in [0.3, 0.4) is 0 Å². The van der Waals surface area contributed by atoms with Gasteiger partial charge in [0, 0.05) is 13.1 Å². The van der Waals surface area contributed by atoms with Gasteiger partial charge in [0.1, 0.15) is 12.7 Å². The van der Waals surface area contributed by atoms with Crippen molar-refractivity contribution in [3.05, 3.63) is 70.8 Å². The molecule has 6 nitrogen and oxygen atoms in total. The summed E-state index contributed by atoms with van der Waals surface area (Å²) in [4.78, 5) is 4.36. The van der Waals surface area contributed by atoms with Crippen molar-refractivity contribution in [2.45, 2.75) is 45.6 Å². The van der Waals surface area contributed by atoms with Gasteiger partial charge in [-0.25, -0.2) is 18.1 Å². The summed E-state index contributed by atoms with van der Waals surface area (Å²) in [7, 11) is -2.00. The zero-order chi connectivity index (χ0) is 20.6. The van der Waals surface area contributed by atoms with Crippen LogP contribution >= 0.6 is 0 Å². The van der Waals surface area contributed by atoms with Crippen LogP contribution in [0.5, 0.6) is 0 Å². The van der Waals surface area contributed by atoms with Gasteiger partial charge in [-0.3, -0.25) is 0 Å². The summed E-state index contributed by atoms with van der Waals surface area (Å²) in [5.41, 5.74) is 5.38. The Morgan fingerprint density at radius 1 is 1.00 bits per heavy atom. The molecule has 0 radical (unpaired) electrons. The average molecular weight is 399 g/mol. The number of aromatic nitrogens is 3. The van der Waals surface area contributed by atoms with Crippen LogP contribution in [0.15, 0.2) is 47.9 Å². The van der Waals surface area contributed by atoms with E-state index in [2.05, 4.69) is 10.1 Å². The van der Waals surface area contributed by atoms with E-state index < -0.39 is 10.0 Å². The summed E-state index contributed by atoms with van der Waals surface area (Å²) in [5, 5.41) is 4.11. The molecule has 1 heterocycles. The van der Waals surface area contributed by atoms with E-state index in [1.807, 2.05) is 65.0 Å². The summed E-state index contributed by atoms with van der Waals surface area (Å²) in [6, 6.07) is 9.40. The Morgan fingerprint density at radius 2 is 1.57 bits per heavy atom. The summed E-state index contributed by atoms with van der Waals surface area (Å²) in [5.74, 6) is 0. The van der Waals surface area contributed by atoms with Crippen LogP contribution < -0.4 is 0 Å². The van der Waals surface area contributed by atoms with Crippen molar-refractivity contribution in [3.8, 4) is 5.69 Å². The molecule has 3 rings (SSSR count). The quantitative estimate of drug-likeness (QED) is 0.654. The summed E-state index contributed by atoms with van der Waals surface area (Å²) in [6.45, 7) is 9.55. The van der Waals surface area contributed by atoms with Crippen LogP contribution in [0.4, 0.5) is 0 Å². The van der Waals surface area contributed by atoms with Crippen LogP contribution in [-0.4, -0.2) is 34.5 Å². The average Bonchev–Trinajstić information content (AvgIpc) is 3.20. The second-order valence-corrected chi connectivity index (χ2v) is 9.15. The van der Waals surface area contributed by atoms with Crippen molar-refractivity contribution >= 4 is 10.0 Å². The second-order valence-electron chi connectivity index (χ2n) is 7.22. The third-order valence-electron chi connectivity index (χ3n) is 5.54. The highest BCUT2D eigenvalue weighted by Gasteiger charge is 2.30. The summed E-state index contributed by atoms with van der Waals surface area (Å²) in [6.07, 6.45) is 3.10. The highest BCUT2D eigenvalue weighted by molar-refractivity contribution is 7.89. The van der Waals surface area contributed by atoms with E-state index in [1.54, 1.807) is 18.1 Å². The first kappa shape index (κ1) is 20.2. The summed E-state index contributed by atoms with van der Waals surface area (Å²) >= 11 is 0. The Labute approximate surface area is 166 Å². The number of benzene rings is 2. The fourth-order valence-corrected chi connectivity index (χ4v) is 5.30. The first-order valence-corrected chi connectivity index (χ1v) is 10.6. The molecular formula is C21H26N4O2S. The monoisotopic (exact) mass is 398 g/mol. The second kappa shape index (κ2) is 7.48. The molecule has 1 aromatic heterocycles. The van der Waals surface area contributed by atoms with E-state index in [0.29, 0.717) is 4.90 Å². The Kier molecular flexibility index (Phi) is 5.41. The zero-order valence-electron chi connectivity index (χ0n) is 17.1.